The van der Waals surface area contributed by atoms with Gasteiger partial charge in [-0.3, -0.25) is 9.59 Å². The fraction of sp³-hybridized carbons (Fsp3) is 0.469. The van der Waals surface area contributed by atoms with E-state index < -0.39 is 93.8 Å². The molecule has 0 bridgehead atoms. The van der Waals surface area contributed by atoms with E-state index in [0.717, 1.165) is 12.1 Å². The molecule has 1 unspecified atom stereocenters. The van der Waals surface area contributed by atoms with E-state index in [0.29, 0.717) is 11.3 Å². The van der Waals surface area contributed by atoms with Gasteiger partial charge >= 0.3 is 17.9 Å². The van der Waals surface area contributed by atoms with E-state index in [-0.39, 0.29) is 36.8 Å². The number of aliphatic hydroxyl groups excluding tert-OH is 1. The molecule has 0 spiro atoms. The van der Waals surface area contributed by atoms with E-state index in [9.17, 15) is 32.7 Å². The minimum absolute atomic E-state index is 0.0599. The number of methoxy groups -OCH3 is 1. The fourth-order valence-electron chi connectivity index (χ4n) is 6.45. The van der Waals surface area contributed by atoms with E-state index in [1.807, 2.05) is 0 Å². The Morgan fingerprint density at radius 3 is 2.28 bits per heavy atom. The average Bonchev–Trinajstić information content (AvgIpc) is 3.83. The van der Waals surface area contributed by atoms with Crippen molar-refractivity contribution in [2.24, 2.45) is 0 Å². The Balaban J connectivity index is 1.38. The third-order valence-electron chi connectivity index (χ3n) is 8.91. The maximum absolute atomic E-state index is 14.2. The standard InChI is InChI=1S/C32H35F3N8O9S/c1-16(44)50-12-27-32(52-17(2)45)30(43-9-22(38-41-43)18-4-20(33)29(35)21(34)5-18)25(51-13-28(46)48-3)14-53(27)26-11-49-10-24(31(26)47)42-8-23(39-40-42)19-6-36-15-37-7-19/h4-9,15,24-27,30-32,47,53H,10-14H2,1-3H3/t24-,25-,26+,27+,30-,31+,32-/m0/s1. The second-order valence-corrected chi connectivity index (χ2v) is 15.0. The lowest BCUT2D eigenvalue weighted by atomic mass is 10.0. The van der Waals surface area contributed by atoms with Crippen molar-refractivity contribution < 1.29 is 56.3 Å². The first-order valence-electron chi connectivity index (χ1n) is 16.2. The van der Waals surface area contributed by atoms with Crippen LogP contribution in [0.2, 0.25) is 0 Å². The number of aliphatic hydroxyl groups is 1. The molecule has 1 aromatic carbocycles. The van der Waals surface area contributed by atoms with E-state index in [2.05, 4.69) is 30.6 Å². The molecule has 5 heterocycles. The van der Waals surface area contributed by atoms with Crippen LogP contribution in [0.1, 0.15) is 25.9 Å². The zero-order valence-electron chi connectivity index (χ0n) is 28.5. The Bertz CT molecular complexity index is 1920. The largest absolute Gasteiger partial charge is 0.467 e. The topological polar surface area (TPSA) is 205 Å². The van der Waals surface area contributed by atoms with Gasteiger partial charge in [0.05, 0.1) is 50.2 Å². The molecular weight excluding hydrogens is 729 g/mol. The zero-order valence-corrected chi connectivity index (χ0v) is 29.4. The third kappa shape index (κ3) is 8.32. The SMILES string of the molecule is COC(=O)CO[C@H]1C[SH]([C@@H]2COC[C@H](n3cc(-c4cncnc4)nn3)[C@H]2O)[C@H](COC(C)=O)[C@H](OC(C)=O)[C@H]1n1cc(-c2cc(F)c(F)c(F)c2)nn1. The summed E-state index contributed by atoms with van der Waals surface area (Å²) in [5, 5.41) is 27.2. The van der Waals surface area contributed by atoms with Crippen LogP contribution < -0.4 is 0 Å². The number of hydrogen-bond acceptors (Lipinski definition) is 15. The summed E-state index contributed by atoms with van der Waals surface area (Å²) in [4.78, 5) is 45.2. The lowest BCUT2D eigenvalue weighted by Crippen LogP contribution is -2.57. The highest BCUT2D eigenvalue weighted by molar-refractivity contribution is 8.18. The molecular formula is C32H35F3N8O9S. The maximum Gasteiger partial charge on any atom is 0.331 e. The quantitative estimate of drug-likeness (QED) is 0.0959. The van der Waals surface area contributed by atoms with Crippen molar-refractivity contribution in [3.05, 3.63) is 60.7 Å². The number of benzene rings is 1. The van der Waals surface area contributed by atoms with Crippen molar-refractivity contribution in [2.45, 2.75) is 54.7 Å². The molecule has 53 heavy (non-hydrogen) atoms. The summed E-state index contributed by atoms with van der Waals surface area (Å²) in [6.07, 6.45) is 4.16. The minimum Gasteiger partial charge on any atom is -0.467 e. The summed E-state index contributed by atoms with van der Waals surface area (Å²) in [7, 11) is -0.403. The fourth-order valence-corrected chi connectivity index (χ4v) is 9.99. The maximum atomic E-state index is 14.2. The van der Waals surface area contributed by atoms with E-state index in [1.54, 1.807) is 18.6 Å². The molecule has 2 aliphatic heterocycles. The van der Waals surface area contributed by atoms with Crippen LogP contribution in [0.5, 0.6) is 0 Å². The van der Waals surface area contributed by atoms with E-state index in [4.69, 9.17) is 23.7 Å². The smallest absolute Gasteiger partial charge is 0.331 e. The molecule has 0 radical (unpaired) electrons. The van der Waals surface area contributed by atoms with Gasteiger partial charge in [-0.05, 0) is 12.1 Å². The second kappa shape index (κ2) is 16.4. The Morgan fingerprint density at radius 2 is 1.62 bits per heavy atom. The van der Waals surface area contributed by atoms with Gasteiger partial charge in [0, 0.05) is 48.4 Å². The number of carbonyl (C=O) groups is 3. The average molecular weight is 765 g/mol. The van der Waals surface area contributed by atoms with Gasteiger partial charge < -0.3 is 28.8 Å². The Kier molecular flexibility index (Phi) is 11.6. The molecule has 8 atom stereocenters. The molecule has 0 aliphatic carbocycles. The summed E-state index contributed by atoms with van der Waals surface area (Å²) in [6, 6.07) is -0.289. The molecule has 2 saturated heterocycles. The minimum atomic E-state index is -1.66. The second-order valence-electron chi connectivity index (χ2n) is 12.3. The van der Waals surface area contributed by atoms with Crippen molar-refractivity contribution in [1.82, 2.24) is 40.0 Å². The van der Waals surface area contributed by atoms with Gasteiger partial charge in [-0.2, -0.15) is 0 Å². The van der Waals surface area contributed by atoms with Crippen LogP contribution >= 0.6 is 10.9 Å². The number of halogens is 3. The Hall–Kier alpha value is -4.99. The van der Waals surface area contributed by atoms with Crippen LogP contribution in [0.25, 0.3) is 22.5 Å². The van der Waals surface area contributed by atoms with Crippen LogP contribution in [-0.2, 0) is 38.1 Å². The first-order valence-corrected chi connectivity index (χ1v) is 17.9. The molecule has 1 N–H and O–H groups in total. The number of rotatable bonds is 11. The highest BCUT2D eigenvalue weighted by Gasteiger charge is 2.52. The summed E-state index contributed by atoms with van der Waals surface area (Å²) in [6.45, 7) is 1.73. The van der Waals surface area contributed by atoms with Crippen molar-refractivity contribution >= 4 is 28.8 Å². The number of hydrogen-bond donors (Lipinski definition) is 2. The highest BCUT2D eigenvalue weighted by atomic mass is 32.2. The molecule has 17 nitrogen and oxygen atoms in total. The van der Waals surface area contributed by atoms with Crippen molar-refractivity contribution in [2.75, 3.05) is 39.3 Å². The van der Waals surface area contributed by atoms with Crippen molar-refractivity contribution in [3.8, 4) is 22.5 Å². The summed E-state index contributed by atoms with van der Waals surface area (Å²) < 4.78 is 73.1. The highest BCUT2D eigenvalue weighted by Crippen LogP contribution is 2.52. The molecule has 2 aliphatic rings. The van der Waals surface area contributed by atoms with Crippen molar-refractivity contribution in [1.29, 1.82) is 0 Å². The Labute approximate surface area is 302 Å². The van der Waals surface area contributed by atoms with Gasteiger partial charge in [0.25, 0.3) is 0 Å². The van der Waals surface area contributed by atoms with Crippen LogP contribution in [0.4, 0.5) is 13.2 Å². The first-order chi connectivity index (χ1) is 25.4. The monoisotopic (exact) mass is 764 g/mol. The summed E-state index contributed by atoms with van der Waals surface area (Å²) in [5.74, 6) is -6.49. The summed E-state index contributed by atoms with van der Waals surface area (Å²) >= 11 is 0. The van der Waals surface area contributed by atoms with Gasteiger partial charge in [-0.25, -0.2) is 48.2 Å². The Morgan fingerprint density at radius 1 is 0.962 bits per heavy atom. The predicted octanol–water partition coefficient (Wildman–Crippen LogP) is 1.39. The zero-order chi connectivity index (χ0) is 37.8. The molecule has 2 fully saturated rings. The number of nitrogens with zero attached hydrogens (tertiary/aromatic N) is 8. The van der Waals surface area contributed by atoms with Gasteiger partial charge in [0.1, 0.15) is 49.1 Å². The van der Waals surface area contributed by atoms with Gasteiger partial charge in [-0.1, -0.05) is 10.4 Å². The lowest BCUT2D eigenvalue weighted by Gasteiger charge is -2.52. The molecule has 21 heteroatoms. The lowest BCUT2D eigenvalue weighted by molar-refractivity contribution is -0.159. The van der Waals surface area contributed by atoms with Crippen LogP contribution in [0.3, 0.4) is 0 Å². The van der Waals surface area contributed by atoms with Gasteiger partial charge in [0.15, 0.2) is 17.5 Å². The van der Waals surface area contributed by atoms with Crippen molar-refractivity contribution in [3.63, 3.8) is 0 Å². The van der Waals surface area contributed by atoms with Gasteiger partial charge in [0.2, 0.25) is 0 Å². The van der Waals surface area contributed by atoms with Crippen LogP contribution in [0, 0.1) is 17.5 Å². The first kappa shape index (κ1) is 37.8. The molecule has 3 aromatic heterocycles. The van der Waals surface area contributed by atoms with Gasteiger partial charge in [-0.15, -0.1) is 10.2 Å². The molecule has 6 rings (SSSR count). The van der Waals surface area contributed by atoms with E-state index in [1.165, 1.54) is 42.8 Å². The number of aromatic nitrogens is 8. The number of ether oxygens (including phenoxy) is 5. The molecule has 4 aromatic rings. The number of carbonyl (C=O) groups excluding carboxylic acids is 3. The van der Waals surface area contributed by atoms with E-state index >= 15 is 0 Å². The number of thiol groups is 1. The predicted molar refractivity (Wildman–Crippen MR) is 177 cm³/mol. The molecule has 0 saturated carbocycles. The van der Waals surface area contributed by atoms with Crippen LogP contribution in [0.15, 0.2) is 43.2 Å². The molecule has 284 valence electrons. The van der Waals surface area contributed by atoms with Crippen LogP contribution in [-0.4, -0.2) is 131 Å². The normalized spacial score (nSPS) is 26.5. The molecule has 0 amide bonds. The third-order valence-corrected chi connectivity index (χ3v) is 12.3. The number of esters is 3. The summed E-state index contributed by atoms with van der Waals surface area (Å²) in [5.41, 5.74) is 0.867.